The van der Waals surface area contributed by atoms with Gasteiger partial charge < -0.3 is 15.3 Å². The lowest BCUT2D eigenvalue weighted by molar-refractivity contribution is -0.134. The Bertz CT molecular complexity index is 271. The molecule has 0 saturated carbocycles. The molecule has 1 unspecified atom stereocenters. The highest BCUT2D eigenvalue weighted by Crippen LogP contribution is 2.24. The first kappa shape index (κ1) is 14.0. The van der Waals surface area contributed by atoms with Crippen molar-refractivity contribution in [2.75, 3.05) is 13.1 Å². The minimum Gasteiger partial charge on any atom is -0.481 e. The molecule has 0 radical (unpaired) electrons. The number of hydrogen-bond acceptors (Lipinski definition) is 3. The predicted octanol–water partition coefficient (Wildman–Crippen LogP) is 0.840. The smallest absolute Gasteiger partial charge is 0.300 e. The first-order valence-corrected chi connectivity index (χ1v) is 6.23. The predicted molar refractivity (Wildman–Crippen MR) is 64.7 cm³/mol. The second-order valence-electron chi connectivity index (χ2n) is 4.69. The van der Waals surface area contributed by atoms with E-state index >= 15 is 0 Å². The van der Waals surface area contributed by atoms with Gasteiger partial charge in [-0.1, -0.05) is 0 Å². The van der Waals surface area contributed by atoms with Crippen molar-refractivity contribution in [1.82, 2.24) is 10.2 Å². The number of likely N-dealkylation sites (tertiary alicyclic amines) is 1. The van der Waals surface area contributed by atoms with Crippen LogP contribution in [-0.2, 0) is 9.59 Å². The molecule has 0 aromatic heterocycles. The topological polar surface area (TPSA) is 69.6 Å². The first-order chi connectivity index (χ1) is 8.02. The second-order valence-corrected chi connectivity index (χ2v) is 4.69. The normalized spacial score (nSPS) is 25.4. The highest BCUT2D eigenvalue weighted by molar-refractivity contribution is 5.79. The maximum atomic E-state index is 11.6. The third-order valence-electron chi connectivity index (χ3n) is 3.24. The van der Waals surface area contributed by atoms with Gasteiger partial charge >= 0.3 is 0 Å². The van der Waals surface area contributed by atoms with Crippen LogP contribution in [0.5, 0.6) is 0 Å². The van der Waals surface area contributed by atoms with Gasteiger partial charge in [-0.05, 0) is 39.3 Å². The van der Waals surface area contributed by atoms with Crippen LogP contribution in [-0.4, -0.2) is 47.1 Å². The molecule has 0 aliphatic carbocycles. The van der Waals surface area contributed by atoms with Crippen molar-refractivity contribution in [3.63, 3.8) is 0 Å². The zero-order valence-corrected chi connectivity index (χ0v) is 10.6. The Balaban J connectivity index is 0.000000317. The van der Waals surface area contributed by atoms with Gasteiger partial charge in [-0.15, -0.1) is 0 Å². The highest BCUT2D eigenvalue weighted by Gasteiger charge is 2.33. The summed E-state index contributed by atoms with van der Waals surface area (Å²) in [4.78, 5) is 22.7. The lowest BCUT2D eigenvalue weighted by Gasteiger charge is -2.34. The molecule has 0 aromatic carbocycles. The maximum Gasteiger partial charge on any atom is 0.300 e. The van der Waals surface area contributed by atoms with Crippen LogP contribution >= 0.6 is 0 Å². The molecule has 5 nitrogen and oxygen atoms in total. The van der Waals surface area contributed by atoms with E-state index in [0.717, 1.165) is 45.7 Å². The quantitative estimate of drug-likeness (QED) is 0.715. The maximum absolute atomic E-state index is 11.6. The lowest BCUT2D eigenvalue weighted by Crippen LogP contribution is -2.46. The van der Waals surface area contributed by atoms with E-state index in [2.05, 4.69) is 17.1 Å². The molecule has 2 rings (SSSR count). The zero-order chi connectivity index (χ0) is 12.8. The molecule has 0 aromatic rings. The van der Waals surface area contributed by atoms with Gasteiger partial charge in [0, 0.05) is 25.4 Å². The van der Waals surface area contributed by atoms with Gasteiger partial charge in [-0.2, -0.15) is 0 Å². The Kier molecular flexibility index (Phi) is 5.41. The van der Waals surface area contributed by atoms with Crippen molar-refractivity contribution in [2.45, 2.75) is 51.6 Å². The molecule has 17 heavy (non-hydrogen) atoms. The minimum atomic E-state index is -0.833. The van der Waals surface area contributed by atoms with E-state index in [1.165, 1.54) is 0 Å². The summed E-state index contributed by atoms with van der Waals surface area (Å²) in [6.07, 6.45) is 4.10. The van der Waals surface area contributed by atoms with Gasteiger partial charge in [-0.3, -0.25) is 9.59 Å². The minimum absolute atomic E-state index is 0.374. The number of carbonyl (C=O) groups excluding carboxylic acids is 1. The van der Waals surface area contributed by atoms with Gasteiger partial charge in [0.1, 0.15) is 0 Å². The van der Waals surface area contributed by atoms with E-state index in [1.54, 1.807) is 0 Å². The summed E-state index contributed by atoms with van der Waals surface area (Å²) < 4.78 is 0. The van der Waals surface area contributed by atoms with E-state index in [4.69, 9.17) is 9.90 Å². The fourth-order valence-electron chi connectivity index (χ4n) is 2.49. The van der Waals surface area contributed by atoms with Crippen molar-refractivity contribution in [1.29, 1.82) is 0 Å². The van der Waals surface area contributed by atoms with Crippen LogP contribution in [0.3, 0.4) is 0 Å². The lowest BCUT2D eigenvalue weighted by atomic mass is 10.0. The molecule has 0 bridgehead atoms. The SMILES string of the molecule is CC(=O)O.CC1CCC(=O)N1C1CCNCC1. The number of aliphatic carboxylic acids is 1. The Morgan fingerprint density at radius 2 is 1.88 bits per heavy atom. The molecule has 2 aliphatic heterocycles. The number of carboxylic acid groups (broad SMARTS) is 1. The van der Waals surface area contributed by atoms with Crippen molar-refractivity contribution in [3.8, 4) is 0 Å². The van der Waals surface area contributed by atoms with Crippen LogP contribution in [0.15, 0.2) is 0 Å². The Morgan fingerprint density at radius 3 is 2.29 bits per heavy atom. The number of carboxylic acids is 1. The Labute approximate surface area is 102 Å². The average Bonchev–Trinajstić information content (AvgIpc) is 2.59. The largest absolute Gasteiger partial charge is 0.481 e. The standard InChI is InChI=1S/C10H18N2O.C2H4O2/c1-8-2-3-10(13)12(8)9-4-6-11-7-5-9;1-2(3)4/h8-9,11H,2-7H2,1H3;1H3,(H,3,4). The molecule has 1 amide bonds. The van der Waals surface area contributed by atoms with Crippen LogP contribution in [0.25, 0.3) is 0 Å². The number of amides is 1. The van der Waals surface area contributed by atoms with Crippen LogP contribution in [0.4, 0.5) is 0 Å². The average molecular weight is 242 g/mol. The van der Waals surface area contributed by atoms with Crippen molar-refractivity contribution < 1.29 is 14.7 Å². The number of carbonyl (C=O) groups is 2. The summed E-state index contributed by atoms with van der Waals surface area (Å²) in [7, 11) is 0. The number of nitrogens with one attached hydrogen (secondary N) is 1. The summed E-state index contributed by atoms with van der Waals surface area (Å²) >= 11 is 0. The molecule has 2 heterocycles. The third-order valence-corrected chi connectivity index (χ3v) is 3.24. The molecule has 2 aliphatic rings. The summed E-state index contributed by atoms with van der Waals surface area (Å²) in [5, 5.41) is 10.7. The summed E-state index contributed by atoms with van der Waals surface area (Å²) in [6.45, 7) is 5.40. The Morgan fingerprint density at radius 1 is 1.35 bits per heavy atom. The van der Waals surface area contributed by atoms with E-state index < -0.39 is 5.97 Å². The highest BCUT2D eigenvalue weighted by atomic mass is 16.4. The van der Waals surface area contributed by atoms with Gasteiger partial charge in [0.2, 0.25) is 5.91 Å². The van der Waals surface area contributed by atoms with Gasteiger partial charge in [0.05, 0.1) is 0 Å². The third kappa shape index (κ3) is 4.34. The molecule has 98 valence electrons. The molecule has 5 heteroatoms. The second kappa shape index (κ2) is 6.59. The van der Waals surface area contributed by atoms with E-state index in [-0.39, 0.29) is 0 Å². The van der Waals surface area contributed by atoms with Crippen molar-refractivity contribution >= 4 is 11.9 Å². The molecular weight excluding hydrogens is 220 g/mol. The first-order valence-electron chi connectivity index (χ1n) is 6.23. The van der Waals surface area contributed by atoms with Crippen LogP contribution < -0.4 is 5.32 Å². The summed E-state index contributed by atoms with van der Waals surface area (Å²) in [6, 6.07) is 1.00. The van der Waals surface area contributed by atoms with E-state index in [9.17, 15) is 4.79 Å². The van der Waals surface area contributed by atoms with Gasteiger partial charge in [0.15, 0.2) is 0 Å². The summed E-state index contributed by atoms with van der Waals surface area (Å²) in [5.74, 6) is -0.459. The molecule has 1 atom stereocenters. The zero-order valence-electron chi connectivity index (χ0n) is 10.6. The van der Waals surface area contributed by atoms with Crippen LogP contribution in [0.1, 0.15) is 39.5 Å². The molecular formula is C12H22N2O3. The van der Waals surface area contributed by atoms with Crippen molar-refractivity contribution in [3.05, 3.63) is 0 Å². The molecule has 2 saturated heterocycles. The number of hydrogen-bond donors (Lipinski definition) is 2. The van der Waals surface area contributed by atoms with Gasteiger partial charge in [-0.25, -0.2) is 0 Å². The number of rotatable bonds is 1. The van der Waals surface area contributed by atoms with Crippen molar-refractivity contribution in [2.24, 2.45) is 0 Å². The van der Waals surface area contributed by atoms with E-state index in [1.807, 2.05) is 0 Å². The monoisotopic (exact) mass is 242 g/mol. The van der Waals surface area contributed by atoms with Crippen LogP contribution in [0.2, 0.25) is 0 Å². The summed E-state index contributed by atoms with van der Waals surface area (Å²) in [5.41, 5.74) is 0. The van der Waals surface area contributed by atoms with Gasteiger partial charge in [0.25, 0.3) is 5.97 Å². The number of nitrogens with zero attached hydrogens (tertiary/aromatic N) is 1. The van der Waals surface area contributed by atoms with Crippen LogP contribution in [0, 0.1) is 0 Å². The number of piperidine rings is 1. The molecule has 2 N–H and O–H groups in total. The molecule has 2 fully saturated rings. The fourth-order valence-corrected chi connectivity index (χ4v) is 2.49. The fraction of sp³-hybridized carbons (Fsp3) is 0.833. The Hall–Kier alpha value is -1.10. The van der Waals surface area contributed by atoms with E-state index in [0.29, 0.717) is 18.0 Å². The molecule has 0 spiro atoms.